The maximum atomic E-state index is 13.0. The average molecular weight is 339 g/mol. The minimum atomic E-state index is -0.616. The summed E-state index contributed by atoms with van der Waals surface area (Å²) in [5.41, 5.74) is 1.84. The lowest BCUT2D eigenvalue weighted by Gasteiger charge is -2.21. The summed E-state index contributed by atoms with van der Waals surface area (Å²) in [4.78, 5) is 32.3. The number of rotatable bonds is 4. The molecule has 0 radical (unpaired) electrons. The molecule has 1 aliphatic heterocycles. The highest BCUT2D eigenvalue weighted by molar-refractivity contribution is 5.98. The molecule has 2 unspecified atom stereocenters. The number of halogens is 1. The van der Waals surface area contributed by atoms with Crippen molar-refractivity contribution in [1.29, 1.82) is 0 Å². The Morgan fingerprint density at radius 3 is 2.76 bits per heavy atom. The topological polar surface area (TPSA) is 71.4 Å². The van der Waals surface area contributed by atoms with E-state index in [4.69, 9.17) is 0 Å². The van der Waals surface area contributed by atoms with E-state index in [1.807, 2.05) is 6.92 Å². The van der Waals surface area contributed by atoms with Crippen LogP contribution in [0.5, 0.6) is 0 Å². The van der Waals surface area contributed by atoms with Crippen LogP contribution in [0.25, 0.3) is 0 Å². The Hall–Kier alpha value is -2.89. The van der Waals surface area contributed by atoms with Crippen LogP contribution in [0.2, 0.25) is 0 Å². The molecule has 3 rings (SSSR count). The van der Waals surface area contributed by atoms with E-state index in [0.29, 0.717) is 18.5 Å². The van der Waals surface area contributed by atoms with Gasteiger partial charge in [0.15, 0.2) is 0 Å². The number of nitrogens with zero attached hydrogens (tertiary/aromatic N) is 2. The van der Waals surface area contributed by atoms with Crippen LogP contribution in [-0.2, 0) is 11.2 Å². The lowest BCUT2D eigenvalue weighted by atomic mass is 9.99. The smallest absolute Gasteiger partial charge is 0.270 e. The molecule has 2 atom stereocenters. The first-order valence-electron chi connectivity index (χ1n) is 8.10. The van der Waals surface area contributed by atoms with Gasteiger partial charge in [-0.1, -0.05) is 25.1 Å². The van der Waals surface area contributed by atoms with Gasteiger partial charge in [0.25, 0.3) is 11.8 Å². The van der Waals surface area contributed by atoms with Crippen molar-refractivity contribution in [3.8, 4) is 0 Å². The van der Waals surface area contributed by atoms with Gasteiger partial charge in [-0.25, -0.2) is 14.4 Å². The SMILES string of the molecule is CC1C=NC(=O)C(NC(=O)c2cccc(Cc3ccc(F)cc3)n2)C1. The molecule has 1 aliphatic rings. The fourth-order valence-electron chi connectivity index (χ4n) is 2.69. The number of hydrogen-bond acceptors (Lipinski definition) is 3. The number of aliphatic imine (C=N–C) groups is 1. The van der Waals surface area contributed by atoms with Crippen molar-refractivity contribution in [3.63, 3.8) is 0 Å². The van der Waals surface area contributed by atoms with Crippen molar-refractivity contribution in [2.45, 2.75) is 25.8 Å². The Kier molecular flexibility index (Phi) is 4.97. The van der Waals surface area contributed by atoms with Gasteiger partial charge in [-0.15, -0.1) is 0 Å². The van der Waals surface area contributed by atoms with Gasteiger partial charge in [0.2, 0.25) is 0 Å². The van der Waals surface area contributed by atoms with E-state index >= 15 is 0 Å². The summed E-state index contributed by atoms with van der Waals surface area (Å²) < 4.78 is 13.0. The number of benzene rings is 1. The second-order valence-corrected chi connectivity index (χ2v) is 6.17. The molecular weight excluding hydrogens is 321 g/mol. The highest BCUT2D eigenvalue weighted by atomic mass is 19.1. The fourth-order valence-corrected chi connectivity index (χ4v) is 2.69. The summed E-state index contributed by atoms with van der Waals surface area (Å²) >= 11 is 0. The molecule has 0 bridgehead atoms. The van der Waals surface area contributed by atoms with Gasteiger partial charge < -0.3 is 5.32 Å². The number of amides is 2. The normalized spacial score (nSPS) is 19.7. The zero-order valence-electron chi connectivity index (χ0n) is 13.8. The van der Waals surface area contributed by atoms with Crippen molar-refractivity contribution < 1.29 is 14.0 Å². The highest BCUT2D eigenvalue weighted by Gasteiger charge is 2.26. The first-order chi connectivity index (χ1) is 12.0. The summed E-state index contributed by atoms with van der Waals surface area (Å²) in [6.07, 6.45) is 2.63. The third-order valence-corrected chi connectivity index (χ3v) is 4.01. The summed E-state index contributed by atoms with van der Waals surface area (Å²) in [5, 5.41) is 2.70. The summed E-state index contributed by atoms with van der Waals surface area (Å²) in [6.45, 7) is 1.94. The lowest BCUT2D eigenvalue weighted by molar-refractivity contribution is -0.120. The number of carbonyl (C=O) groups excluding carboxylic acids is 2. The van der Waals surface area contributed by atoms with Crippen LogP contribution in [0, 0.1) is 11.7 Å². The molecule has 5 nitrogen and oxygen atoms in total. The Morgan fingerprint density at radius 2 is 2.00 bits per heavy atom. The van der Waals surface area contributed by atoms with Crippen LogP contribution in [0.4, 0.5) is 4.39 Å². The molecular formula is C19H18FN3O2. The van der Waals surface area contributed by atoms with Gasteiger partial charge in [-0.3, -0.25) is 9.59 Å². The Bertz CT molecular complexity index is 818. The van der Waals surface area contributed by atoms with E-state index in [1.165, 1.54) is 12.1 Å². The van der Waals surface area contributed by atoms with Crippen LogP contribution in [0.15, 0.2) is 47.5 Å². The molecule has 0 saturated carbocycles. The van der Waals surface area contributed by atoms with Gasteiger partial charge in [-0.2, -0.15) is 0 Å². The zero-order valence-corrected chi connectivity index (χ0v) is 13.8. The van der Waals surface area contributed by atoms with Gasteiger partial charge in [0.05, 0.1) is 0 Å². The summed E-state index contributed by atoms with van der Waals surface area (Å²) in [7, 11) is 0. The average Bonchev–Trinajstić information content (AvgIpc) is 2.60. The number of hydrogen-bond donors (Lipinski definition) is 1. The maximum Gasteiger partial charge on any atom is 0.270 e. The molecule has 0 aliphatic carbocycles. The second kappa shape index (κ2) is 7.34. The van der Waals surface area contributed by atoms with Crippen LogP contribution in [-0.4, -0.2) is 29.1 Å². The molecule has 1 aromatic heterocycles. The predicted molar refractivity (Wildman–Crippen MR) is 92.0 cm³/mol. The Morgan fingerprint density at radius 1 is 1.24 bits per heavy atom. The van der Waals surface area contributed by atoms with Crippen LogP contribution in [0.1, 0.15) is 35.1 Å². The summed E-state index contributed by atoms with van der Waals surface area (Å²) in [6, 6.07) is 10.7. The van der Waals surface area contributed by atoms with E-state index < -0.39 is 11.9 Å². The lowest BCUT2D eigenvalue weighted by Crippen LogP contribution is -2.43. The zero-order chi connectivity index (χ0) is 17.8. The molecule has 1 N–H and O–H groups in total. The largest absolute Gasteiger partial charge is 0.339 e. The van der Waals surface area contributed by atoms with Crippen LogP contribution < -0.4 is 5.32 Å². The molecule has 0 spiro atoms. The maximum absolute atomic E-state index is 13.0. The van der Waals surface area contributed by atoms with Crippen molar-refractivity contribution in [2.75, 3.05) is 0 Å². The first-order valence-corrected chi connectivity index (χ1v) is 8.10. The van der Waals surface area contributed by atoms with E-state index in [0.717, 1.165) is 5.56 Å². The standard InChI is InChI=1S/C19H18FN3O2/c1-12-9-17(18(24)21-11-12)23-19(25)16-4-2-3-15(22-16)10-13-5-7-14(20)8-6-13/h2-8,11-12,17H,9-10H2,1H3,(H,23,25). The van der Waals surface area contributed by atoms with E-state index in [-0.39, 0.29) is 23.3 Å². The molecule has 1 aromatic carbocycles. The monoisotopic (exact) mass is 339 g/mol. The number of carbonyl (C=O) groups is 2. The van der Waals surface area contributed by atoms with Crippen molar-refractivity contribution >= 4 is 18.0 Å². The van der Waals surface area contributed by atoms with Gasteiger partial charge in [0, 0.05) is 18.3 Å². The fraction of sp³-hybridized carbons (Fsp3) is 0.263. The molecule has 6 heteroatoms. The third kappa shape index (κ3) is 4.35. The van der Waals surface area contributed by atoms with E-state index in [2.05, 4.69) is 15.3 Å². The Balaban J connectivity index is 1.70. The molecule has 2 amide bonds. The van der Waals surface area contributed by atoms with Crippen molar-refractivity contribution in [3.05, 3.63) is 65.2 Å². The molecule has 2 heterocycles. The van der Waals surface area contributed by atoms with E-state index in [1.54, 1.807) is 36.5 Å². The van der Waals surface area contributed by atoms with Crippen LogP contribution >= 0.6 is 0 Å². The van der Waals surface area contributed by atoms with Gasteiger partial charge in [-0.05, 0) is 42.2 Å². The van der Waals surface area contributed by atoms with Crippen molar-refractivity contribution in [1.82, 2.24) is 10.3 Å². The van der Waals surface area contributed by atoms with Gasteiger partial charge >= 0.3 is 0 Å². The van der Waals surface area contributed by atoms with Crippen molar-refractivity contribution in [2.24, 2.45) is 10.9 Å². The predicted octanol–water partition coefficient (Wildman–Crippen LogP) is 2.55. The van der Waals surface area contributed by atoms with E-state index in [9.17, 15) is 14.0 Å². The van der Waals surface area contributed by atoms with Gasteiger partial charge in [0.1, 0.15) is 17.6 Å². The molecule has 25 heavy (non-hydrogen) atoms. The second-order valence-electron chi connectivity index (χ2n) is 6.17. The quantitative estimate of drug-likeness (QED) is 0.930. The highest BCUT2D eigenvalue weighted by Crippen LogP contribution is 2.13. The Labute approximate surface area is 145 Å². The number of nitrogens with one attached hydrogen (secondary N) is 1. The molecule has 0 saturated heterocycles. The number of pyridine rings is 1. The molecule has 128 valence electrons. The first kappa shape index (κ1) is 17.0. The third-order valence-electron chi connectivity index (χ3n) is 4.01. The van der Waals surface area contributed by atoms with Crippen LogP contribution in [0.3, 0.4) is 0 Å². The minimum Gasteiger partial charge on any atom is -0.339 e. The molecule has 0 fully saturated rings. The number of aromatic nitrogens is 1. The summed E-state index contributed by atoms with van der Waals surface area (Å²) in [5.74, 6) is -0.892. The molecule has 2 aromatic rings. The minimum absolute atomic E-state index is 0.140.